The molecule has 4 nitrogen and oxygen atoms in total. The number of hydrogen-bond donors (Lipinski definition) is 0. The topological polar surface area (TPSA) is 45.8 Å². The molecule has 0 fully saturated rings. The number of furan rings is 1. The number of carbonyl (C=O) groups is 1. The molecule has 0 radical (unpaired) electrons. The van der Waals surface area contributed by atoms with Crippen LogP contribution in [-0.2, 0) is 4.79 Å². The Labute approximate surface area is 166 Å². The van der Waals surface area contributed by atoms with E-state index >= 15 is 0 Å². The van der Waals surface area contributed by atoms with E-state index in [4.69, 9.17) is 16.0 Å². The number of benzene rings is 2. The molecule has 0 aliphatic carbocycles. The summed E-state index contributed by atoms with van der Waals surface area (Å²) in [4.78, 5) is 13.8. The average Bonchev–Trinajstić information content (AvgIpc) is 3.24. The Morgan fingerprint density at radius 2 is 1.78 bits per heavy atom. The fourth-order valence-electron chi connectivity index (χ4n) is 2.66. The molecule has 1 aromatic heterocycles. The molecule has 4 rings (SSSR count). The molecular formula is C21H15ClN2O2S. The van der Waals surface area contributed by atoms with E-state index in [9.17, 15) is 4.79 Å². The first-order chi connectivity index (χ1) is 13.1. The van der Waals surface area contributed by atoms with Gasteiger partial charge < -0.3 is 4.42 Å². The molecule has 0 unspecified atom stereocenters. The fourth-order valence-corrected chi connectivity index (χ4v) is 3.56. The minimum Gasteiger partial charge on any atom is -0.450 e. The number of amides is 1. The minimum absolute atomic E-state index is 0.165. The summed E-state index contributed by atoms with van der Waals surface area (Å²) >= 11 is 7.40. The number of nitrogens with zero attached hydrogens (tertiary/aromatic N) is 2. The Kier molecular flexibility index (Phi) is 4.88. The van der Waals surface area contributed by atoms with Crippen molar-refractivity contribution in [2.45, 2.75) is 16.9 Å². The number of para-hydroxylation sites is 1. The van der Waals surface area contributed by atoms with E-state index in [-0.39, 0.29) is 5.91 Å². The second-order valence-electron chi connectivity index (χ2n) is 5.91. The van der Waals surface area contributed by atoms with Crippen LogP contribution in [0.1, 0.15) is 12.7 Å². The van der Waals surface area contributed by atoms with Crippen LogP contribution in [0.2, 0.25) is 5.02 Å². The second kappa shape index (κ2) is 7.47. The standard InChI is InChI=1S/C21H15ClN2O2S/c1-14-19(21(25)24(23-14)16-5-3-2-4-6-16)13-17-9-12-20(26-17)27-18-10-7-15(22)8-11-18/h2-13H,1H3. The summed E-state index contributed by atoms with van der Waals surface area (Å²) in [6.07, 6.45) is 1.73. The van der Waals surface area contributed by atoms with Crippen LogP contribution in [0, 0.1) is 0 Å². The summed E-state index contributed by atoms with van der Waals surface area (Å²) in [7, 11) is 0. The molecule has 1 aliphatic rings. The van der Waals surface area contributed by atoms with Crippen molar-refractivity contribution in [1.29, 1.82) is 0 Å². The first-order valence-corrected chi connectivity index (χ1v) is 9.49. The number of rotatable bonds is 4. The lowest BCUT2D eigenvalue weighted by Crippen LogP contribution is -2.21. The third kappa shape index (κ3) is 3.84. The van der Waals surface area contributed by atoms with E-state index < -0.39 is 0 Å². The van der Waals surface area contributed by atoms with Crippen LogP contribution in [0.5, 0.6) is 0 Å². The zero-order valence-electron chi connectivity index (χ0n) is 14.4. The quantitative estimate of drug-likeness (QED) is 0.518. The fraction of sp³-hybridized carbons (Fsp3) is 0.0476. The summed E-state index contributed by atoms with van der Waals surface area (Å²) < 4.78 is 5.85. The van der Waals surface area contributed by atoms with Crippen molar-refractivity contribution < 1.29 is 9.21 Å². The maximum absolute atomic E-state index is 12.7. The first kappa shape index (κ1) is 17.6. The molecule has 2 heterocycles. The maximum Gasteiger partial charge on any atom is 0.280 e. The van der Waals surface area contributed by atoms with Crippen LogP contribution in [0.25, 0.3) is 6.08 Å². The van der Waals surface area contributed by atoms with Crippen LogP contribution < -0.4 is 5.01 Å². The third-order valence-corrected chi connectivity index (χ3v) is 5.16. The molecule has 134 valence electrons. The molecule has 2 aromatic carbocycles. The summed E-state index contributed by atoms with van der Waals surface area (Å²) in [5, 5.41) is 7.22. The summed E-state index contributed by atoms with van der Waals surface area (Å²) in [5.74, 6) is 0.446. The third-order valence-electron chi connectivity index (χ3n) is 3.98. The monoisotopic (exact) mass is 394 g/mol. The number of carbonyl (C=O) groups excluding carboxylic acids is 1. The van der Waals surface area contributed by atoms with E-state index in [1.807, 2.05) is 73.7 Å². The number of anilines is 1. The molecule has 3 aromatic rings. The van der Waals surface area contributed by atoms with Gasteiger partial charge in [-0.05, 0) is 61.5 Å². The van der Waals surface area contributed by atoms with Crippen molar-refractivity contribution in [2.75, 3.05) is 5.01 Å². The van der Waals surface area contributed by atoms with Gasteiger partial charge in [0.15, 0.2) is 5.09 Å². The highest BCUT2D eigenvalue weighted by Crippen LogP contribution is 2.31. The van der Waals surface area contributed by atoms with Crippen molar-refractivity contribution >= 4 is 46.7 Å². The lowest BCUT2D eigenvalue weighted by molar-refractivity contribution is -0.114. The van der Waals surface area contributed by atoms with Crippen LogP contribution in [0.15, 0.2) is 91.8 Å². The Balaban J connectivity index is 1.54. The SMILES string of the molecule is CC1=NN(c2ccccc2)C(=O)C1=Cc1ccc(Sc2ccc(Cl)cc2)o1. The predicted octanol–water partition coefficient (Wildman–Crippen LogP) is 5.89. The van der Waals surface area contributed by atoms with Gasteiger partial charge in [-0.25, -0.2) is 0 Å². The number of hydrogen-bond acceptors (Lipinski definition) is 4. The van der Waals surface area contributed by atoms with E-state index in [1.165, 1.54) is 16.8 Å². The van der Waals surface area contributed by atoms with Crippen LogP contribution in [0.3, 0.4) is 0 Å². The van der Waals surface area contributed by atoms with Gasteiger partial charge in [-0.1, -0.05) is 41.6 Å². The van der Waals surface area contributed by atoms with Crippen molar-refractivity contribution in [3.63, 3.8) is 0 Å². The molecule has 0 atom stereocenters. The van der Waals surface area contributed by atoms with Gasteiger partial charge >= 0.3 is 0 Å². The van der Waals surface area contributed by atoms with E-state index in [0.29, 0.717) is 22.1 Å². The largest absolute Gasteiger partial charge is 0.450 e. The molecule has 6 heteroatoms. The maximum atomic E-state index is 12.7. The summed E-state index contributed by atoms with van der Waals surface area (Å²) in [5.41, 5.74) is 1.92. The zero-order valence-corrected chi connectivity index (χ0v) is 16.0. The van der Waals surface area contributed by atoms with Crippen LogP contribution in [-0.4, -0.2) is 11.6 Å². The Hall–Kier alpha value is -2.76. The molecule has 1 aliphatic heterocycles. The molecule has 0 saturated heterocycles. The van der Waals surface area contributed by atoms with Gasteiger partial charge in [-0.15, -0.1) is 0 Å². The molecular weight excluding hydrogens is 380 g/mol. The first-order valence-electron chi connectivity index (χ1n) is 8.30. The van der Waals surface area contributed by atoms with Crippen LogP contribution >= 0.6 is 23.4 Å². The van der Waals surface area contributed by atoms with Crippen molar-refractivity contribution in [3.05, 3.63) is 83.1 Å². The zero-order chi connectivity index (χ0) is 18.8. The molecule has 0 saturated carbocycles. The van der Waals surface area contributed by atoms with Gasteiger partial charge in [0.05, 0.1) is 17.0 Å². The molecule has 1 amide bonds. The molecule has 0 bridgehead atoms. The van der Waals surface area contributed by atoms with Gasteiger partial charge in [0.25, 0.3) is 5.91 Å². The average molecular weight is 395 g/mol. The molecule has 0 N–H and O–H groups in total. The lowest BCUT2D eigenvalue weighted by atomic mass is 10.1. The minimum atomic E-state index is -0.165. The Morgan fingerprint density at radius 3 is 2.52 bits per heavy atom. The van der Waals surface area contributed by atoms with Crippen LogP contribution in [0.4, 0.5) is 5.69 Å². The number of halogens is 1. The lowest BCUT2D eigenvalue weighted by Gasteiger charge is -2.10. The van der Waals surface area contributed by atoms with Gasteiger partial charge in [0.2, 0.25) is 0 Å². The number of hydrazone groups is 1. The van der Waals surface area contributed by atoms with Crippen molar-refractivity contribution in [2.24, 2.45) is 5.10 Å². The van der Waals surface area contributed by atoms with E-state index in [1.54, 1.807) is 6.08 Å². The van der Waals surface area contributed by atoms with E-state index in [2.05, 4.69) is 5.10 Å². The smallest absolute Gasteiger partial charge is 0.280 e. The van der Waals surface area contributed by atoms with Crippen molar-refractivity contribution in [3.8, 4) is 0 Å². The van der Waals surface area contributed by atoms with E-state index in [0.717, 1.165) is 15.7 Å². The van der Waals surface area contributed by atoms with Gasteiger partial charge in [-0.3, -0.25) is 4.79 Å². The molecule has 27 heavy (non-hydrogen) atoms. The molecule has 0 spiro atoms. The summed E-state index contributed by atoms with van der Waals surface area (Å²) in [6.45, 7) is 1.82. The second-order valence-corrected chi connectivity index (χ2v) is 7.42. The normalized spacial score (nSPS) is 15.5. The predicted molar refractivity (Wildman–Crippen MR) is 109 cm³/mol. The highest BCUT2D eigenvalue weighted by Gasteiger charge is 2.28. The van der Waals surface area contributed by atoms with Gasteiger partial charge in [-0.2, -0.15) is 10.1 Å². The highest BCUT2D eigenvalue weighted by atomic mass is 35.5. The van der Waals surface area contributed by atoms with Crippen molar-refractivity contribution in [1.82, 2.24) is 0 Å². The Morgan fingerprint density at radius 1 is 1.04 bits per heavy atom. The highest BCUT2D eigenvalue weighted by molar-refractivity contribution is 7.99. The summed E-state index contributed by atoms with van der Waals surface area (Å²) in [6, 6.07) is 20.6. The Bertz CT molecular complexity index is 1040. The van der Waals surface area contributed by atoms with Gasteiger partial charge in [0.1, 0.15) is 5.76 Å². The van der Waals surface area contributed by atoms with Gasteiger partial charge in [0, 0.05) is 9.92 Å².